The molecule has 1 saturated carbocycles. The van der Waals surface area contributed by atoms with Crippen LogP contribution in [0.1, 0.15) is 122 Å². The topological polar surface area (TPSA) is 241 Å². The highest BCUT2D eigenvalue weighted by atomic mass is 35.5. The summed E-state index contributed by atoms with van der Waals surface area (Å²) >= 11 is 6.27. The molecule has 0 bridgehead atoms. The maximum absolute atomic E-state index is 14.2. The van der Waals surface area contributed by atoms with Crippen molar-refractivity contribution in [1.29, 1.82) is 0 Å². The van der Waals surface area contributed by atoms with Crippen LogP contribution in [0, 0.1) is 21.4 Å². The highest BCUT2D eigenvalue weighted by Crippen LogP contribution is 2.44. The standard InChI is InChI=1S/C63H71ClN10O9S/c1-63(2)25-23-44(52(35-63)42-11-13-45(64)14-12-42)38-71-28-30-72(31-29-71)47-17-19-51(57(33-47)83-48-32-43-24-27-66-59(43)68-37-48)60(76)70-84(81,82)49-18-20-54(56(34-49)74(79)80)67-36-40-9-15-46(16-10-40)65-26-4-3-6-41-7-5-8-50-53(41)39-73(62(50)78)55-21-22-58(75)69-61(55)77/h5,7-8,11-14,17-20,24,27,32-34,37,40,46,55,65,67H,3-4,6,9-10,15-16,21-23,25-26,28-31,35-36,38-39H2,1-2H3,(H,66,68)(H,70,76)(H,69,75,77)/t40-,46-,55?. The number of imide groups is 1. The van der Waals surface area contributed by atoms with Gasteiger partial charge in [0.2, 0.25) is 11.8 Å². The number of carbonyl (C=O) groups is 4. The number of rotatable bonds is 20. The minimum absolute atomic E-state index is 0.0528. The largest absolute Gasteiger partial charge is 0.455 e. The van der Waals surface area contributed by atoms with Crippen LogP contribution in [0.25, 0.3) is 16.6 Å². The summed E-state index contributed by atoms with van der Waals surface area (Å²) in [7, 11) is -4.62. The molecule has 1 atom stereocenters. The maximum atomic E-state index is 14.2. The Morgan fingerprint density at radius 3 is 2.49 bits per heavy atom. The number of nitrogens with one attached hydrogen (secondary N) is 5. The van der Waals surface area contributed by atoms with Crippen molar-refractivity contribution in [3.63, 3.8) is 0 Å². The van der Waals surface area contributed by atoms with E-state index in [9.17, 15) is 37.7 Å². The summed E-state index contributed by atoms with van der Waals surface area (Å²) < 4.78 is 36.5. The Morgan fingerprint density at radius 2 is 1.71 bits per heavy atom. The number of carbonyl (C=O) groups excluding carboxylic acids is 4. The third-order valence-corrected chi connectivity index (χ3v) is 19.0. The number of pyridine rings is 1. The zero-order chi connectivity index (χ0) is 58.7. The molecular formula is C63H71ClN10O9S. The summed E-state index contributed by atoms with van der Waals surface area (Å²) in [5, 5.41) is 23.2. The number of aromatic amines is 1. The molecule has 2 saturated heterocycles. The molecule has 2 aromatic heterocycles. The SMILES string of the molecule is CC1(C)CCC(CN2CCN(c3ccc(C(=O)NS(=O)(=O)c4ccc(NC[C@H]5CC[C@H](NCCCCc6cccc7c6CN(C6CCC(=O)NC6=O)C7=O)CC5)c([N+](=O)[O-])c4)c(Oc4cnc5[nH]ccc5c4)c3)CC2)=C(c2ccc(Cl)cc2)C1. The molecule has 0 spiro atoms. The number of amides is 4. The fourth-order valence-corrected chi connectivity index (χ4v) is 13.8. The molecular weight excluding hydrogens is 1110 g/mol. The van der Waals surface area contributed by atoms with Crippen LogP contribution in [-0.4, -0.2) is 115 Å². The van der Waals surface area contributed by atoms with E-state index in [2.05, 4.69) is 66.4 Å². The van der Waals surface area contributed by atoms with Crippen LogP contribution in [0.15, 0.2) is 114 Å². The fraction of sp³-hybridized carbons (Fsp3) is 0.413. The van der Waals surface area contributed by atoms with E-state index < -0.39 is 43.4 Å². The van der Waals surface area contributed by atoms with Crippen molar-refractivity contribution in [3.8, 4) is 11.5 Å². The number of benzene rings is 4. The van der Waals surface area contributed by atoms with Gasteiger partial charge in [0.1, 0.15) is 28.9 Å². The molecule has 2 aliphatic carbocycles. The molecule has 440 valence electrons. The number of nitro groups is 1. The number of hydrogen-bond acceptors (Lipinski definition) is 14. The van der Waals surface area contributed by atoms with Crippen LogP contribution in [-0.2, 0) is 32.6 Å². The van der Waals surface area contributed by atoms with Crippen molar-refractivity contribution >= 4 is 78.9 Å². The molecule has 5 heterocycles. The molecule has 84 heavy (non-hydrogen) atoms. The number of piperidine rings is 1. The number of H-pyrrole nitrogens is 1. The van der Waals surface area contributed by atoms with Gasteiger partial charge in [0, 0.05) is 98.3 Å². The first-order chi connectivity index (χ1) is 40.4. The number of hydrogen-bond donors (Lipinski definition) is 5. The average molecular weight is 1180 g/mol. The van der Waals surface area contributed by atoms with Crippen LogP contribution in [0.3, 0.4) is 0 Å². The Morgan fingerprint density at radius 1 is 0.917 bits per heavy atom. The van der Waals surface area contributed by atoms with Gasteiger partial charge >= 0.3 is 0 Å². The molecule has 1 unspecified atom stereocenters. The Balaban J connectivity index is 0.681. The van der Waals surface area contributed by atoms with E-state index in [1.165, 1.54) is 35.0 Å². The zero-order valence-electron chi connectivity index (χ0n) is 47.4. The van der Waals surface area contributed by atoms with Crippen LogP contribution >= 0.6 is 11.6 Å². The third-order valence-electron chi connectivity index (χ3n) is 17.5. The number of halogens is 1. The van der Waals surface area contributed by atoms with Gasteiger partial charge in [-0.1, -0.05) is 55.3 Å². The minimum Gasteiger partial charge on any atom is -0.455 e. The van der Waals surface area contributed by atoms with Gasteiger partial charge in [-0.25, -0.2) is 18.1 Å². The Bertz CT molecular complexity index is 3650. The number of allylic oxidation sites excluding steroid dienone is 1. The number of aryl methyl sites for hydroxylation is 1. The van der Waals surface area contributed by atoms with Gasteiger partial charge in [0.25, 0.3) is 27.5 Å². The van der Waals surface area contributed by atoms with E-state index in [4.69, 9.17) is 16.3 Å². The molecule has 11 rings (SSSR count). The first-order valence-corrected chi connectivity index (χ1v) is 31.1. The lowest BCUT2D eigenvalue weighted by molar-refractivity contribution is -0.384. The van der Waals surface area contributed by atoms with Gasteiger partial charge in [0.15, 0.2) is 0 Å². The van der Waals surface area contributed by atoms with E-state index in [1.54, 1.807) is 35.4 Å². The van der Waals surface area contributed by atoms with E-state index in [-0.39, 0.29) is 46.6 Å². The smallest absolute Gasteiger partial charge is 0.293 e. The summed E-state index contributed by atoms with van der Waals surface area (Å²) in [6.45, 7) is 10.2. The summed E-state index contributed by atoms with van der Waals surface area (Å²) in [6.07, 6.45) is 13.3. The molecule has 19 nitrogen and oxygen atoms in total. The first kappa shape index (κ1) is 58.1. The summed E-state index contributed by atoms with van der Waals surface area (Å²) in [5.41, 5.74) is 8.12. The van der Waals surface area contributed by atoms with Gasteiger partial charge < -0.3 is 30.2 Å². The Labute approximate surface area is 494 Å². The number of nitro benzene ring substituents is 1. The second kappa shape index (κ2) is 24.9. The third kappa shape index (κ3) is 13.3. The van der Waals surface area contributed by atoms with E-state index in [0.717, 1.165) is 124 Å². The molecule has 3 aliphatic heterocycles. The van der Waals surface area contributed by atoms with Crippen molar-refractivity contribution in [3.05, 3.63) is 152 Å². The van der Waals surface area contributed by atoms with E-state index >= 15 is 0 Å². The maximum Gasteiger partial charge on any atom is 0.293 e. The van der Waals surface area contributed by atoms with Gasteiger partial charge in [-0.15, -0.1) is 0 Å². The lowest BCUT2D eigenvalue weighted by Crippen LogP contribution is -2.52. The van der Waals surface area contributed by atoms with Crippen molar-refractivity contribution in [1.82, 2.24) is 35.1 Å². The second-order valence-electron chi connectivity index (χ2n) is 23.8. The highest BCUT2D eigenvalue weighted by molar-refractivity contribution is 7.90. The molecule has 4 amide bonds. The van der Waals surface area contributed by atoms with Crippen LogP contribution < -0.4 is 30.3 Å². The van der Waals surface area contributed by atoms with Gasteiger partial charge in [0.05, 0.1) is 21.6 Å². The van der Waals surface area contributed by atoms with Crippen molar-refractivity contribution in [2.45, 2.75) is 114 Å². The minimum atomic E-state index is -4.62. The molecule has 3 fully saturated rings. The molecule has 21 heteroatoms. The van der Waals surface area contributed by atoms with Crippen molar-refractivity contribution in [2.75, 3.05) is 56.0 Å². The van der Waals surface area contributed by atoms with E-state index in [1.807, 2.05) is 36.4 Å². The normalized spacial score (nSPS) is 20.2. The lowest BCUT2D eigenvalue weighted by atomic mass is 9.72. The zero-order valence-corrected chi connectivity index (χ0v) is 49.0. The lowest BCUT2D eigenvalue weighted by Gasteiger charge is -2.39. The average Bonchev–Trinajstić information content (AvgIpc) is 2.72. The molecule has 6 aromatic rings. The summed E-state index contributed by atoms with van der Waals surface area (Å²) in [6, 6.07) is 25.9. The number of fused-ring (bicyclic) bond motifs is 2. The fourth-order valence-electron chi connectivity index (χ4n) is 12.7. The van der Waals surface area contributed by atoms with E-state index in [0.29, 0.717) is 55.6 Å². The summed E-state index contributed by atoms with van der Waals surface area (Å²) in [5.74, 6) is -1.17. The predicted molar refractivity (Wildman–Crippen MR) is 323 cm³/mol. The van der Waals surface area contributed by atoms with Gasteiger partial charge in [-0.05, 0) is 165 Å². The number of sulfonamides is 1. The monoisotopic (exact) mass is 1180 g/mol. The number of nitrogens with zero attached hydrogens (tertiary/aromatic N) is 5. The first-order valence-electron chi connectivity index (χ1n) is 29.2. The van der Waals surface area contributed by atoms with Crippen molar-refractivity contribution in [2.24, 2.45) is 11.3 Å². The quantitative estimate of drug-likeness (QED) is 0.0207. The van der Waals surface area contributed by atoms with Crippen LogP contribution in [0.5, 0.6) is 11.5 Å². The number of unbranched alkanes of at least 4 members (excludes halogenated alkanes) is 1. The number of piperazine rings is 1. The molecule has 5 N–H and O–H groups in total. The van der Waals surface area contributed by atoms with Crippen molar-refractivity contribution < 1.29 is 37.3 Å². The highest BCUT2D eigenvalue weighted by Gasteiger charge is 2.40. The molecule has 5 aliphatic rings. The molecule has 4 aromatic carbocycles. The predicted octanol–water partition coefficient (Wildman–Crippen LogP) is 10.2. The van der Waals surface area contributed by atoms with Gasteiger partial charge in [-0.2, -0.15) is 0 Å². The van der Waals surface area contributed by atoms with Crippen LogP contribution in [0.2, 0.25) is 5.02 Å². The Kier molecular flexibility index (Phi) is 17.2. The number of ether oxygens (including phenoxy) is 1. The second-order valence-corrected chi connectivity index (χ2v) is 25.9. The van der Waals surface area contributed by atoms with Gasteiger partial charge in [-0.3, -0.25) is 39.5 Å². The molecule has 0 radical (unpaired) electrons. The summed E-state index contributed by atoms with van der Waals surface area (Å²) in [4.78, 5) is 76.9. The van der Waals surface area contributed by atoms with Crippen LogP contribution in [0.4, 0.5) is 17.1 Å². The number of aromatic nitrogens is 2. The number of anilines is 2. The Hall–Kier alpha value is -7.65.